The molecule has 1 spiro atoms. The highest BCUT2D eigenvalue weighted by Gasteiger charge is 2.37. The summed E-state index contributed by atoms with van der Waals surface area (Å²) in [6, 6.07) is 16.0. The maximum absolute atomic E-state index is 13.2. The molecule has 1 saturated heterocycles. The molecule has 1 amide bonds. The first-order chi connectivity index (χ1) is 15.6. The van der Waals surface area contributed by atoms with E-state index in [1.54, 1.807) is 7.11 Å². The molecule has 2 aromatic carbocycles. The number of likely N-dealkylation sites (tertiary alicyclic amines) is 1. The van der Waals surface area contributed by atoms with Gasteiger partial charge in [0.05, 0.1) is 12.7 Å². The van der Waals surface area contributed by atoms with Crippen molar-refractivity contribution in [2.75, 3.05) is 46.9 Å². The van der Waals surface area contributed by atoms with Crippen LogP contribution in [0.15, 0.2) is 48.5 Å². The van der Waals surface area contributed by atoms with Gasteiger partial charge in [0.1, 0.15) is 18.1 Å². The minimum absolute atomic E-state index is 0.0869. The number of methoxy groups -OCH3 is 1. The van der Waals surface area contributed by atoms with Gasteiger partial charge < -0.3 is 19.3 Å². The van der Waals surface area contributed by atoms with Gasteiger partial charge in [-0.25, -0.2) is 0 Å². The van der Waals surface area contributed by atoms with Crippen molar-refractivity contribution in [1.29, 1.82) is 0 Å². The minimum Gasteiger partial charge on any atom is -0.496 e. The number of ether oxygens (including phenoxy) is 2. The molecule has 5 heteroatoms. The first kappa shape index (κ1) is 22.7. The van der Waals surface area contributed by atoms with Gasteiger partial charge in [0, 0.05) is 26.2 Å². The number of hydrogen-bond acceptors (Lipinski definition) is 4. The van der Waals surface area contributed by atoms with Crippen LogP contribution in [0.1, 0.15) is 48.0 Å². The van der Waals surface area contributed by atoms with Gasteiger partial charge >= 0.3 is 0 Å². The third kappa shape index (κ3) is 5.26. The summed E-state index contributed by atoms with van der Waals surface area (Å²) in [6.45, 7) is 4.31. The van der Waals surface area contributed by atoms with E-state index in [9.17, 15) is 4.79 Å². The highest BCUT2D eigenvalue weighted by atomic mass is 16.5. The second-order valence-electron chi connectivity index (χ2n) is 9.39. The number of fused-ring (bicyclic) bond motifs is 1. The number of nitrogens with zero attached hydrogens (tertiary/aromatic N) is 2. The Labute approximate surface area is 192 Å². The summed E-state index contributed by atoms with van der Waals surface area (Å²) in [5, 5.41) is 0. The van der Waals surface area contributed by atoms with Crippen LogP contribution in [0.3, 0.4) is 0 Å². The molecule has 0 N–H and O–H groups in total. The SMILES string of the molecule is COc1ccccc1C(=O)N1CCC2(CCCCc3ccccc3OCCN(C)C2)CC1. The van der Waals surface area contributed by atoms with Crippen molar-refractivity contribution in [3.8, 4) is 11.5 Å². The highest BCUT2D eigenvalue weighted by molar-refractivity contribution is 5.97. The number of carbonyl (C=O) groups excluding carboxylic acids is 1. The number of carbonyl (C=O) groups is 1. The molecule has 0 radical (unpaired) electrons. The smallest absolute Gasteiger partial charge is 0.257 e. The second kappa shape index (κ2) is 10.4. The van der Waals surface area contributed by atoms with E-state index in [1.165, 1.54) is 24.8 Å². The monoisotopic (exact) mass is 436 g/mol. The van der Waals surface area contributed by atoms with Crippen molar-refractivity contribution < 1.29 is 14.3 Å². The summed E-state index contributed by atoms with van der Waals surface area (Å²) < 4.78 is 11.5. The Hall–Kier alpha value is -2.53. The second-order valence-corrected chi connectivity index (χ2v) is 9.39. The molecule has 0 aliphatic carbocycles. The Balaban J connectivity index is 1.42. The van der Waals surface area contributed by atoms with Gasteiger partial charge in [-0.15, -0.1) is 0 Å². The van der Waals surface area contributed by atoms with Crippen LogP contribution in [-0.4, -0.2) is 62.7 Å². The van der Waals surface area contributed by atoms with Crippen LogP contribution in [0.25, 0.3) is 0 Å². The molecular weight excluding hydrogens is 400 g/mol. The lowest BCUT2D eigenvalue weighted by atomic mass is 9.73. The van der Waals surface area contributed by atoms with Gasteiger partial charge in [0.2, 0.25) is 0 Å². The average molecular weight is 437 g/mol. The highest BCUT2D eigenvalue weighted by Crippen LogP contribution is 2.38. The van der Waals surface area contributed by atoms with E-state index in [2.05, 4.69) is 36.2 Å². The lowest BCUT2D eigenvalue weighted by molar-refractivity contribution is 0.0423. The average Bonchev–Trinajstić information content (AvgIpc) is 2.82. The first-order valence-electron chi connectivity index (χ1n) is 11.9. The van der Waals surface area contributed by atoms with Crippen molar-refractivity contribution in [2.24, 2.45) is 5.41 Å². The Kier molecular flexibility index (Phi) is 7.36. The Morgan fingerprint density at radius 3 is 2.53 bits per heavy atom. The summed E-state index contributed by atoms with van der Waals surface area (Å²) >= 11 is 0. The van der Waals surface area contributed by atoms with Crippen LogP contribution in [0.4, 0.5) is 0 Å². The first-order valence-corrected chi connectivity index (χ1v) is 11.9. The summed E-state index contributed by atoms with van der Waals surface area (Å²) in [5.74, 6) is 1.78. The molecule has 0 atom stereocenters. The fourth-order valence-electron chi connectivity index (χ4n) is 5.29. The van der Waals surface area contributed by atoms with Crippen molar-refractivity contribution in [3.05, 3.63) is 59.7 Å². The molecule has 5 nitrogen and oxygen atoms in total. The van der Waals surface area contributed by atoms with E-state index in [1.807, 2.05) is 29.2 Å². The Bertz CT molecular complexity index is 905. The zero-order valence-corrected chi connectivity index (χ0v) is 19.5. The van der Waals surface area contributed by atoms with Gasteiger partial charge in [-0.2, -0.15) is 0 Å². The molecule has 0 bridgehead atoms. The number of aryl methyl sites for hydroxylation is 1. The Morgan fingerprint density at radius 2 is 1.72 bits per heavy atom. The fourth-order valence-corrected chi connectivity index (χ4v) is 5.29. The number of piperidine rings is 1. The molecule has 2 aliphatic rings. The van der Waals surface area contributed by atoms with Crippen molar-refractivity contribution in [2.45, 2.75) is 38.5 Å². The predicted molar refractivity (Wildman–Crippen MR) is 128 cm³/mol. The minimum atomic E-state index is 0.0869. The maximum Gasteiger partial charge on any atom is 0.257 e. The van der Waals surface area contributed by atoms with Gasteiger partial charge in [-0.1, -0.05) is 36.8 Å². The topological polar surface area (TPSA) is 42.0 Å². The number of benzene rings is 2. The third-order valence-electron chi connectivity index (χ3n) is 7.16. The zero-order chi connectivity index (χ0) is 22.4. The van der Waals surface area contributed by atoms with Crippen LogP contribution >= 0.6 is 0 Å². The Morgan fingerprint density at radius 1 is 0.969 bits per heavy atom. The summed E-state index contributed by atoms with van der Waals surface area (Å²) in [5.41, 5.74) is 2.25. The predicted octanol–water partition coefficient (Wildman–Crippen LogP) is 4.65. The maximum atomic E-state index is 13.2. The van der Waals surface area contributed by atoms with Crippen LogP contribution in [0, 0.1) is 5.41 Å². The van der Waals surface area contributed by atoms with Crippen molar-refractivity contribution in [3.63, 3.8) is 0 Å². The van der Waals surface area contributed by atoms with Gasteiger partial charge in [-0.05, 0) is 68.3 Å². The van der Waals surface area contributed by atoms with Gasteiger partial charge in [0.15, 0.2) is 0 Å². The molecule has 32 heavy (non-hydrogen) atoms. The molecule has 2 heterocycles. The van der Waals surface area contributed by atoms with Crippen LogP contribution in [0.2, 0.25) is 0 Å². The molecule has 2 aliphatic heterocycles. The van der Waals surface area contributed by atoms with E-state index < -0.39 is 0 Å². The number of para-hydroxylation sites is 2. The number of rotatable bonds is 2. The standard InChI is InChI=1S/C27H36N2O3/c1-28-19-20-32-24-12-5-3-9-22(24)10-7-8-14-27(21-28)15-17-29(18-16-27)26(30)23-11-4-6-13-25(23)31-2/h3-6,9,11-13H,7-8,10,14-21H2,1-2H3. The summed E-state index contributed by atoms with van der Waals surface area (Å²) in [7, 11) is 3.83. The number of likely N-dealkylation sites (N-methyl/N-ethyl adjacent to an activating group) is 1. The molecule has 4 rings (SSSR count). The molecule has 0 saturated carbocycles. The molecular formula is C27H36N2O3. The van der Waals surface area contributed by atoms with E-state index in [4.69, 9.17) is 9.47 Å². The normalized spacial score (nSPS) is 19.9. The lowest BCUT2D eigenvalue weighted by Crippen LogP contribution is -2.48. The largest absolute Gasteiger partial charge is 0.496 e. The van der Waals surface area contributed by atoms with E-state index in [-0.39, 0.29) is 11.3 Å². The van der Waals surface area contributed by atoms with E-state index in [0.717, 1.165) is 51.2 Å². The van der Waals surface area contributed by atoms with Gasteiger partial charge in [0.25, 0.3) is 5.91 Å². The zero-order valence-electron chi connectivity index (χ0n) is 19.5. The molecule has 1 fully saturated rings. The van der Waals surface area contributed by atoms with Gasteiger partial charge in [-0.3, -0.25) is 4.79 Å². The van der Waals surface area contributed by atoms with E-state index >= 15 is 0 Å². The fraction of sp³-hybridized carbons (Fsp3) is 0.519. The third-order valence-corrected chi connectivity index (χ3v) is 7.16. The van der Waals surface area contributed by atoms with Crippen LogP contribution < -0.4 is 9.47 Å². The molecule has 0 aromatic heterocycles. The number of hydrogen-bond donors (Lipinski definition) is 0. The van der Waals surface area contributed by atoms with E-state index in [0.29, 0.717) is 17.9 Å². The van der Waals surface area contributed by atoms with Crippen LogP contribution in [-0.2, 0) is 6.42 Å². The van der Waals surface area contributed by atoms with Crippen molar-refractivity contribution in [1.82, 2.24) is 9.80 Å². The molecule has 2 aromatic rings. The lowest BCUT2D eigenvalue weighted by Gasteiger charge is -2.44. The summed E-state index contributed by atoms with van der Waals surface area (Å²) in [4.78, 5) is 17.6. The quantitative estimate of drug-likeness (QED) is 0.687. The molecule has 0 unspecified atom stereocenters. The van der Waals surface area contributed by atoms with Crippen LogP contribution in [0.5, 0.6) is 11.5 Å². The van der Waals surface area contributed by atoms with Crippen molar-refractivity contribution >= 4 is 5.91 Å². The summed E-state index contributed by atoms with van der Waals surface area (Å²) in [6.07, 6.45) is 6.78. The number of amides is 1. The molecule has 172 valence electrons.